The van der Waals surface area contributed by atoms with Crippen LogP contribution < -0.4 is 0 Å². The van der Waals surface area contributed by atoms with E-state index >= 15 is 0 Å². The van der Waals surface area contributed by atoms with Crippen molar-refractivity contribution in [1.29, 1.82) is 0 Å². The van der Waals surface area contributed by atoms with E-state index in [2.05, 4.69) is 6.92 Å². The molecule has 4 heteroatoms. The highest BCUT2D eigenvalue weighted by Crippen LogP contribution is 2.30. The number of carbonyl (C=O) groups excluding carboxylic acids is 2. The van der Waals surface area contributed by atoms with Crippen LogP contribution in [0.25, 0.3) is 0 Å². The zero-order valence-corrected chi connectivity index (χ0v) is 9.40. The molecule has 1 saturated heterocycles. The second kappa shape index (κ2) is 3.93. The van der Waals surface area contributed by atoms with Crippen molar-refractivity contribution in [2.75, 3.05) is 19.6 Å². The van der Waals surface area contributed by atoms with Crippen LogP contribution in [0.1, 0.15) is 26.7 Å². The van der Waals surface area contributed by atoms with Crippen LogP contribution in [0.4, 0.5) is 0 Å². The van der Waals surface area contributed by atoms with E-state index in [9.17, 15) is 9.59 Å². The number of hydrogen-bond donors (Lipinski definition) is 0. The van der Waals surface area contributed by atoms with Crippen LogP contribution in [0, 0.1) is 0 Å². The number of piperazine rings is 1. The number of amides is 1. The first-order valence-electron chi connectivity index (χ1n) is 5.61. The van der Waals surface area contributed by atoms with Crippen LogP contribution in [0.15, 0.2) is 0 Å². The summed E-state index contributed by atoms with van der Waals surface area (Å²) in [7, 11) is 0. The molecule has 0 aromatic rings. The number of Topliss-reactive ketones (excluding diaryl/α,β-unsaturated/α-hetero) is 1. The Morgan fingerprint density at radius 1 is 1.47 bits per heavy atom. The lowest BCUT2D eigenvalue weighted by molar-refractivity contribution is -0.140. The van der Waals surface area contributed by atoms with Crippen LogP contribution in [-0.4, -0.2) is 53.2 Å². The molecule has 0 radical (unpaired) electrons. The summed E-state index contributed by atoms with van der Waals surface area (Å²) in [6.45, 7) is 5.31. The lowest BCUT2D eigenvalue weighted by atomic mass is 10.1. The van der Waals surface area contributed by atoms with Crippen molar-refractivity contribution in [3.8, 4) is 0 Å². The Morgan fingerprint density at radius 3 is 2.60 bits per heavy atom. The molecule has 2 aliphatic rings. The Hall–Kier alpha value is -0.900. The summed E-state index contributed by atoms with van der Waals surface area (Å²) < 4.78 is 0. The molecular formula is C11H18N2O2. The van der Waals surface area contributed by atoms with E-state index < -0.39 is 0 Å². The normalized spacial score (nSPS) is 28.3. The summed E-state index contributed by atoms with van der Waals surface area (Å²) in [6.07, 6.45) is 2.31. The van der Waals surface area contributed by atoms with E-state index in [0.29, 0.717) is 19.1 Å². The van der Waals surface area contributed by atoms with Gasteiger partial charge in [-0.25, -0.2) is 0 Å². The zero-order chi connectivity index (χ0) is 11.0. The minimum absolute atomic E-state index is 0.134. The Bertz CT molecular complexity index is 286. The van der Waals surface area contributed by atoms with Gasteiger partial charge in [-0.3, -0.25) is 14.5 Å². The van der Waals surface area contributed by atoms with Crippen molar-refractivity contribution >= 4 is 11.7 Å². The molecule has 4 nitrogen and oxygen atoms in total. The van der Waals surface area contributed by atoms with Gasteiger partial charge in [0.05, 0.1) is 13.1 Å². The van der Waals surface area contributed by atoms with Gasteiger partial charge in [0.2, 0.25) is 5.91 Å². The first kappa shape index (κ1) is 10.6. The molecule has 1 saturated carbocycles. The lowest BCUT2D eigenvalue weighted by Crippen LogP contribution is -2.56. The number of nitrogens with zero attached hydrogens (tertiary/aromatic N) is 2. The molecule has 1 amide bonds. The van der Waals surface area contributed by atoms with E-state index in [0.717, 1.165) is 19.4 Å². The number of carbonyl (C=O) groups is 2. The van der Waals surface area contributed by atoms with E-state index in [4.69, 9.17) is 0 Å². The molecule has 1 aliphatic carbocycles. The van der Waals surface area contributed by atoms with Crippen LogP contribution in [0.3, 0.4) is 0 Å². The SMILES string of the molecule is CC(=O)CN1CC(=O)N(C2CC2)C(C)C1. The summed E-state index contributed by atoms with van der Waals surface area (Å²) >= 11 is 0. The standard InChI is InChI=1S/C11H18N2O2/c1-8-5-12(6-9(2)14)7-11(15)13(8)10-3-4-10/h8,10H,3-7H2,1-2H3. The predicted molar refractivity (Wildman–Crippen MR) is 56.5 cm³/mol. The molecule has 0 aromatic carbocycles. The van der Waals surface area contributed by atoms with Gasteiger partial charge < -0.3 is 4.90 Å². The van der Waals surface area contributed by atoms with Crippen molar-refractivity contribution in [2.24, 2.45) is 0 Å². The minimum Gasteiger partial charge on any atom is -0.335 e. The third-order valence-electron chi connectivity index (χ3n) is 3.03. The molecule has 0 spiro atoms. The fourth-order valence-electron chi connectivity index (χ4n) is 2.40. The zero-order valence-electron chi connectivity index (χ0n) is 9.40. The predicted octanol–water partition coefficient (Wildman–Crippen LogP) is 0.270. The highest BCUT2D eigenvalue weighted by Gasteiger charge is 2.39. The molecule has 0 aromatic heterocycles. The summed E-state index contributed by atoms with van der Waals surface area (Å²) in [4.78, 5) is 26.8. The molecule has 84 valence electrons. The van der Waals surface area contributed by atoms with Crippen molar-refractivity contribution < 1.29 is 9.59 Å². The maximum absolute atomic E-state index is 11.9. The third kappa shape index (κ3) is 2.37. The molecule has 1 atom stereocenters. The van der Waals surface area contributed by atoms with Crippen molar-refractivity contribution in [3.05, 3.63) is 0 Å². The summed E-state index contributed by atoms with van der Waals surface area (Å²) in [5.41, 5.74) is 0. The van der Waals surface area contributed by atoms with Crippen LogP contribution >= 0.6 is 0 Å². The van der Waals surface area contributed by atoms with Gasteiger partial charge in [-0.2, -0.15) is 0 Å². The molecule has 2 rings (SSSR count). The molecule has 0 N–H and O–H groups in total. The number of ketones is 1. The number of rotatable bonds is 3. The average Bonchev–Trinajstić information content (AvgIpc) is 2.84. The lowest BCUT2D eigenvalue weighted by Gasteiger charge is -2.39. The van der Waals surface area contributed by atoms with E-state index in [-0.39, 0.29) is 17.7 Å². The van der Waals surface area contributed by atoms with Crippen LogP contribution in [0.5, 0.6) is 0 Å². The van der Waals surface area contributed by atoms with Gasteiger partial charge in [0.1, 0.15) is 5.78 Å². The van der Waals surface area contributed by atoms with E-state index in [1.807, 2.05) is 9.80 Å². The smallest absolute Gasteiger partial charge is 0.237 e. The minimum atomic E-state index is 0.134. The fraction of sp³-hybridized carbons (Fsp3) is 0.818. The van der Waals surface area contributed by atoms with Gasteiger partial charge in [0, 0.05) is 18.6 Å². The van der Waals surface area contributed by atoms with Crippen LogP contribution in [0.2, 0.25) is 0 Å². The molecule has 2 fully saturated rings. The molecule has 15 heavy (non-hydrogen) atoms. The molecule has 1 aliphatic heterocycles. The Morgan fingerprint density at radius 2 is 2.13 bits per heavy atom. The Kier molecular flexibility index (Phi) is 2.78. The topological polar surface area (TPSA) is 40.6 Å². The van der Waals surface area contributed by atoms with Crippen molar-refractivity contribution in [3.63, 3.8) is 0 Å². The van der Waals surface area contributed by atoms with Gasteiger partial charge in [0.15, 0.2) is 0 Å². The van der Waals surface area contributed by atoms with Crippen LogP contribution in [-0.2, 0) is 9.59 Å². The fourth-order valence-corrected chi connectivity index (χ4v) is 2.40. The second-order valence-corrected chi connectivity index (χ2v) is 4.75. The quantitative estimate of drug-likeness (QED) is 0.671. The first-order valence-corrected chi connectivity index (χ1v) is 5.61. The summed E-state index contributed by atoms with van der Waals surface area (Å²) in [5.74, 6) is 0.326. The highest BCUT2D eigenvalue weighted by atomic mass is 16.2. The first-order chi connectivity index (χ1) is 7.08. The molecule has 0 bridgehead atoms. The van der Waals surface area contributed by atoms with Gasteiger partial charge in [-0.05, 0) is 26.7 Å². The monoisotopic (exact) mass is 210 g/mol. The molecule has 1 heterocycles. The largest absolute Gasteiger partial charge is 0.335 e. The van der Waals surface area contributed by atoms with Crippen molar-refractivity contribution in [1.82, 2.24) is 9.80 Å². The van der Waals surface area contributed by atoms with Gasteiger partial charge in [0.25, 0.3) is 0 Å². The van der Waals surface area contributed by atoms with Crippen molar-refractivity contribution in [2.45, 2.75) is 38.8 Å². The van der Waals surface area contributed by atoms with Gasteiger partial charge >= 0.3 is 0 Å². The van der Waals surface area contributed by atoms with E-state index in [1.54, 1.807) is 6.92 Å². The maximum atomic E-state index is 11.9. The third-order valence-corrected chi connectivity index (χ3v) is 3.03. The maximum Gasteiger partial charge on any atom is 0.237 e. The van der Waals surface area contributed by atoms with Gasteiger partial charge in [-0.1, -0.05) is 0 Å². The summed E-state index contributed by atoms with van der Waals surface area (Å²) in [6, 6.07) is 0.755. The molecule has 1 unspecified atom stereocenters. The van der Waals surface area contributed by atoms with E-state index in [1.165, 1.54) is 0 Å². The average molecular weight is 210 g/mol. The second-order valence-electron chi connectivity index (χ2n) is 4.75. The summed E-state index contributed by atoms with van der Waals surface area (Å²) in [5, 5.41) is 0. The Balaban J connectivity index is 1.96. The Labute approximate surface area is 90.2 Å². The highest BCUT2D eigenvalue weighted by molar-refractivity contribution is 5.82. The molecular weight excluding hydrogens is 192 g/mol. The number of hydrogen-bond acceptors (Lipinski definition) is 3. The van der Waals surface area contributed by atoms with Gasteiger partial charge in [-0.15, -0.1) is 0 Å².